The monoisotopic (exact) mass is 261 g/mol. The Morgan fingerprint density at radius 3 is 2.63 bits per heavy atom. The molecule has 0 radical (unpaired) electrons. The van der Waals surface area contributed by atoms with E-state index in [9.17, 15) is 0 Å². The van der Waals surface area contributed by atoms with Crippen LogP contribution in [0.4, 0.5) is 0 Å². The molecule has 2 N–H and O–H groups in total. The molecular weight excluding hydrogens is 234 g/mol. The van der Waals surface area contributed by atoms with Gasteiger partial charge in [-0.05, 0) is 57.2 Å². The molecule has 19 heavy (non-hydrogen) atoms. The van der Waals surface area contributed by atoms with Crippen molar-refractivity contribution in [2.75, 3.05) is 13.1 Å². The van der Waals surface area contributed by atoms with Crippen LogP contribution in [0.15, 0.2) is 18.2 Å². The van der Waals surface area contributed by atoms with Crippen molar-refractivity contribution in [3.63, 3.8) is 0 Å². The largest absolute Gasteiger partial charge is 0.328 e. The average molecular weight is 261 g/mol. The van der Waals surface area contributed by atoms with Crippen LogP contribution in [-0.4, -0.2) is 29.0 Å². The lowest BCUT2D eigenvalue weighted by molar-refractivity contribution is 0.193. The predicted octanol–water partition coefficient (Wildman–Crippen LogP) is 2.73. The number of hydrogen-bond donors (Lipinski definition) is 1. The van der Waals surface area contributed by atoms with E-state index in [0.717, 1.165) is 24.7 Å². The van der Waals surface area contributed by atoms with Crippen molar-refractivity contribution in [2.45, 2.75) is 52.1 Å². The van der Waals surface area contributed by atoms with E-state index >= 15 is 0 Å². The van der Waals surface area contributed by atoms with Crippen molar-refractivity contribution in [2.24, 2.45) is 11.7 Å². The molecule has 0 aliphatic heterocycles. The lowest BCUT2D eigenvalue weighted by Gasteiger charge is -2.31. The first-order valence-corrected chi connectivity index (χ1v) is 7.58. The van der Waals surface area contributed by atoms with Crippen LogP contribution in [-0.2, 0) is 6.54 Å². The summed E-state index contributed by atoms with van der Waals surface area (Å²) in [5, 5.41) is 0. The van der Waals surface area contributed by atoms with Crippen molar-refractivity contribution >= 4 is 0 Å². The zero-order valence-corrected chi connectivity index (χ0v) is 12.3. The number of nitrogens with two attached hydrogens (primary N) is 1. The van der Waals surface area contributed by atoms with Gasteiger partial charge >= 0.3 is 0 Å². The first-order chi connectivity index (χ1) is 9.17. The maximum atomic E-state index is 5.98. The van der Waals surface area contributed by atoms with Crippen LogP contribution in [0.1, 0.15) is 44.0 Å². The Morgan fingerprint density at radius 1 is 1.26 bits per heavy atom. The second-order valence-electron chi connectivity index (χ2n) is 5.88. The number of pyridine rings is 1. The highest BCUT2D eigenvalue weighted by molar-refractivity contribution is 5.09. The lowest BCUT2D eigenvalue weighted by atomic mass is 9.86. The molecule has 2 rings (SSSR count). The predicted molar refractivity (Wildman–Crippen MR) is 79.9 cm³/mol. The van der Waals surface area contributed by atoms with Gasteiger partial charge in [0.1, 0.15) is 0 Å². The summed E-state index contributed by atoms with van der Waals surface area (Å²) in [5.41, 5.74) is 8.27. The Morgan fingerprint density at radius 2 is 2.00 bits per heavy atom. The second-order valence-corrected chi connectivity index (χ2v) is 5.88. The van der Waals surface area contributed by atoms with Gasteiger partial charge in [0.25, 0.3) is 0 Å². The van der Waals surface area contributed by atoms with Gasteiger partial charge in [0.05, 0.1) is 5.69 Å². The highest BCUT2D eigenvalue weighted by atomic mass is 15.1. The zero-order chi connectivity index (χ0) is 13.7. The van der Waals surface area contributed by atoms with Gasteiger partial charge in [-0.3, -0.25) is 9.88 Å². The summed E-state index contributed by atoms with van der Waals surface area (Å²) in [6, 6.07) is 6.74. The molecular formula is C16H27N3. The topological polar surface area (TPSA) is 42.2 Å². The molecule has 0 unspecified atom stereocenters. The van der Waals surface area contributed by atoms with Gasteiger partial charge in [-0.2, -0.15) is 0 Å². The van der Waals surface area contributed by atoms with Crippen molar-refractivity contribution in [3.05, 3.63) is 29.6 Å². The molecule has 1 aliphatic carbocycles. The fourth-order valence-electron chi connectivity index (χ4n) is 2.96. The van der Waals surface area contributed by atoms with Crippen LogP contribution in [0.3, 0.4) is 0 Å². The van der Waals surface area contributed by atoms with E-state index < -0.39 is 0 Å². The van der Waals surface area contributed by atoms with E-state index in [1.165, 1.54) is 37.9 Å². The van der Waals surface area contributed by atoms with Crippen molar-refractivity contribution in [1.29, 1.82) is 0 Å². The standard InChI is InChI=1S/C16H27N3/c1-3-19(11-14-7-9-15(17)10-8-14)12-16-6-4-5-13(2)18-16/h4-6,14-15H,3,7-12,17H2,1-2H3. The third-order valence-corrected chi connectivity index (χ3v) is 4.19. The molecule has 3 heteroatoms. The van der Waals surface area contributed by atoms with Gasteiger partial charge in [0, 0.05) is 24.8 Å². The Bertz CT molecular complexity index is 383. The third-order valence-electron chi connectivity index (χ3n) is 4.19. The molecule has 3 nitrogen and oxygen atoms in total. The minimum Gasteiger partial charge on any atom is -0.328 e. The van der Waals surface area contributed by atoms with Crippen LogP contribution in [0.5, 0.6) is 0 Å². The lowest BCUT2D eigenvalue weighted by Crippen LogP contribution is -2.34. The molecule has 106 valence electrons. The van der Waals surface area contributed by atoms with Gasteiger partial charge in [0.2, 0.25) is 0 Å². The zero-order valence-electron chi connectivity index (χ0n) is 12.3. The molecule has 0 atom stereocenters. The van der Waals surface area contributed by atoms with Crippen molar-refractivity contribution in [1.82, 2.24) is 9.88 Å². The first-order valence-electron chi connectivity index (χ1n) is 7.58. The number of rotatable bonds is 5. The van der Waals surface area contributed by atoms with Gasteiger partial charge in [-0.15, -0.1) is 0 Å². The molecule has 0 spiro atoms. The van der Waals surface area contributed by atoms with Crippen molar-refractivity contribution < 1.29 is 0 Å². The molecule has 1 aliphatic rings. The van der Waals surface area contributed by atoms with Gasteiger partial charge in [0.15, 0.2) is 0 Å². The van der Waals surface area contributed by atoms with E-state index in [0.29, 0.717) is 6.04 Å². The molecule has 1 fully saturated rings. The molecule has 1 aromatic rings. The summed E-state index contributed by atoms with van der Waals surface area (Å²) < 4.78 is 0. The quantitative estimate of drug-likeness (QED) is 0.886. The minimum absolute atomic E-state index is 0.449. The van der Waals surface area contributed by atoms with Crippen LogP contribution in [0.25, 0.3) is 0 Å². The fourth-order valence-corrected chi connectivity index (χ4v) is 2.96. The van der Waals surface area contributed by atoms with Crippen molar-refractivity contribution in [3.8, 4) is 0 Å². The van der Waals surface area contributed by atoms with Gasteiger partial charge in [-0.25, -0.2) is 0 Å². The summed E-state index contributed by atoms with van der Waals surface area (Å²) in [6.07, 6.45) is 4.98. The molecule has 0 bridgehead atoms. The van der Waals surface area contributed by atoms with E-state index in [2.05, 4.69) is 41.9 Å². The van der Waals surface area contributed by atoms with Gasteiger partial charge in [-0.1, -0.05) is 13.0 Å². The van der Waals surface area contributed by atoms with Gasteiger partial charge < -0.3 is 5.73 Å². The number of aryl methyl sites for hydroxylation is 1. The summed E-state index contributed by atoms with van der Waals surface area (Å²) in [6.45, 7) is 7.56. The highest BCUT2D eigenvalue weighted by Crippen LogP contribution is 2.24. The Labute approximate surface area is 117 Å². The van der Waals surface area contributed by atoms with Crippen LogP contribution in [0, 0.1) is 12.8 Å². The highest BCUT2D eigenvalue weighted by Gasteiger charge is 2.20. The third kappa shape index (κ3) is 4.59. The normalized spacial score (nSPS) is 23.8. The molecule has 0 aromatic carbocycles. The molecule has 0 saturated heterocycles. The Balaban J connectivity index is 1.86. The first kappa shape index (κ1) is 14.5. The van der Waals surface area contributed by atoms with Crippen LogP contribution >= 0.6 is 0 Å². The molecule has 1 saturated carbocycles. The van der Waals surface area contributed by atoms with E-state index in [1.807, 2.05) is 0 Å². The summed E-state index contributed by atoms with van der Waals surface area (Å²) in [4.78, 5) is 7.12. The number of nitrogens with zero attached hydrogens (tertiary/aromatic N) is 2. The fraction of sp³-hybridized carbons (Fsp3) is 0.688. The Kier molecular flexibility index (Phi) is 5.34. The number of hydrogen-bond acceptors (Lipinski definition) is 3. The summed E-state index contributed by atoms with van der Waals surface area (Å²) in [7, 11) is 0. The summed E-state index contributed by atoms with van der Waals surface area (Å²) >= 11 is 0. The Hall–Kier alpha value is -0.930. The summed E-state index contributed by atoms with van der Waals surface area (Å²) in [5.74, 6) is 0.824. The SMILES string of the molecule is CCN(Cc1cccc(C)n1)CC1CCC(N)CC1. The smallest absolute Gasteiger partial charge is 0.0547 e. The maximum absolute atomic E-state index is 5.98. The van der Waals surface area contributed by atoms with E-state index in [-0.39, 0.29) is 0 Å². The number of aromatic nitrogens is 1. The van der Waals surface area contributed by atoms with Crippen LogP contribution in [0.2, 0.25) is 0 Å². The molecule has 1 aromatic heterocycles. The minimum atomic E-state index is 0.449. The molecule has 0 amide bonds. The average Bonchev–Trinajstić information content (AvgIpc) is 2.40. The van der Waals surface area contributed by atoms with E-state index in [1.54, 1.807) is 0 Å². The second kappa shape index (κ2) is 7.01. The van der Waals surface area contributed by atoms with E-state index in [4.69, 9.17) is 5.73 Å². The molecule has 1 heterocycles. The maximum Gasteiger partial charge on any atom is 0.0547 e. The van der Waals surface area contributed by atoms with Crippen LogP contribution < -0.4 is 5.73 Å².